The lowest BCUT2D eigenvalue weighted by Crippen LogP contribution is -2.32. The number of carboxylic acid groups (broad SMARTS) is 1. The van der Waals surface area contributed by atoms with E-state index in [2.05, 4.69) is 6.58 Å². The maximum Gasteiger partial charge on any atom is 0.341 e. The second-order valence-corrected chi connectivity index (χ2v) is 10.1. The minimum atomic E-state index is -1.20. The maximum absolute atomic E-state index is 14.8. The first-order chi connectivity index (χ1) is 17.2. The molecule has 0 aromatic heterocycles. The minimum absolute atomic E-state index is 0.129. The maximum atomic E-state index is 14.8. The van der Waals surface area contributed by atoms with Crippen LogP contribution in [0.1, 0.15) is 48.2 Å². The first-order valence-corrected chi connectivity index (χ1v) is 12.4. The van der Waals surface area contributed by atoms with Gasteiger partial charge in [0.05, 0.1) is 22.3 Å². The number of benzene rings is 3. The van der Waals surface area contributed by atoms with Crippen LogP contribution >= 0.6 is 34.8 Å². The second-order valence-electron chi connectivity index (χ2n) is 8.84. The van der Waals surface area contributed by atoms with E-state index in [0.717, 1.165) is 16.7 Å². The number of hydrogen-bond acceptors (Lipinski definition) is 3. The Balaban J connectivity index is 1.82. The van der Waals surface area contributed by atoms with E-state index in [9.17, 15) is 9.18 Å². The van der Waals surface area contributed by atoms with E-state index < -0.39 is 30.6 Å². The monoisotopic (exact) mass is 548 g/mol. The molecule has 4 rings (SSSR count). The zero-order valence-electron chi connectivity index (χ0n) is 19.4. The normalized spacial score (nSPS) is 21.7. The highest BCUT2D eigenvalue weighted by Gasteiger charge is 2.42. The second kappa shape index (κ2) is 11.2. The van der Waals surface area contributed by atoms with Crippen LogP contribution < -0.4 is 4.74 Å². The van der Waals surface area contributed by atoms with Crippen molar-refractivity contribution in [1.29, 1.82) is 0 Å². The lowest BCUT2D eigenvalue weighted by Gasteiger charge is -2.43. The topological polar surface area (TPSA) is 55.8 Å². The van der Waals surface area contributed by atoms with Crippen LogP contribution in [0.3, 0.4) is 0 Å². The Hall–Kier alpha value is -2.57. The van der Waals surface area contributed by atoms with Gasteiger partial charge in [-0.3, -0.25) is 0 Å². The molecule has 0 spiro atoms. The average molecular weight is 550 g/mol. The Labute approximate surface area is 224 Å². The van der Waals surface area contributed by atoms with Crippen molar-refractivity contribution in [1.82, 2.24) is 0 Å². The van der Waals surface area contributed by atoms with E-state index in [-0.39, 0.29) is 17.6 Å². The molecule has 4 atom stereocenters. The number of para-hydroxylation sites is 1. The van der Waals surface area contributed by atoms with Gasteiger partial charge < -0.3 is 14.6 Å². The summed E-state index contributed by atoms with van der Waals surface area (Å²) in [7, 11) is 0. The third-order valence-corrected chi connectivity index (χ3v) is 7.37. The third kappa shape index (κ3) is 5.70. The van der Waals surface area contributed by atoms with Crippen LogP contribution in [0.15, 0.2) is 72.8 Å². The van der Waals surface area contributed by atoms with Gasteiger partial charge in [-0.05, 0) is 54.8 Å². The van der Waals surface area contributed by atoms with E-state index in [0.29, 0.717) is 27.1 Å². The van der Waals surface area contributed by atoms with Crippen LogP contribution in [0.25, 0.3) is 0 Å². The predicted octanol–water partition coefficient (Wildman–Crippen LogP) is 8.43. The highest BCUT2D eigenvalue weighted by molar-refractivity contribution is 6.42. The van der Waals surface area contributed by atoms with Crippen LogP contribution in [0.4, 0.5) is 4.39 Å². The lowest BCUT2D eigenvalue weighted by atomic mass is 9.74. The number of rotatable bonds is 7. The highest BCUT2D eigenvalue weighted by atomic mass is 35.5. The van der Waals surface area contributed by atoms with Gasteiger partial charge in [-0.15, -0.1) is 0 Å². The molecule has 0 amide bonds. The van der Waals surface area contributed by atoms with E-state index in [4.69, 9.17) is 49.4 Å². The molecule has 1 aliphatic heterocycles. The van der Waals surface area contributed by atoms with Crippen molar-refractivity contribution in [2.45, 2.75) is 31.5 Å². The zero-order valence-corrected chi connectivity index (χ0v) is 21.7. The van der Waals surface area contributed by atoms with E-state index in [1.807, 2.05) is 31.2 Å². The molecule has 1 fully saturated rings. The van der Waals surface area contributed by atoms with E-state index >= 15 is 0 Å². The molecule has 1 N–H and O–H groups in total. The molecule has 1 heterocycles. The predicted molar refractivity (Wildman–Crippen MR) is 140 cm³/mol. The fourth-order valence-corrected chi connectivity index (χ4v) is 5.10. The quantitative estimate of drug-likeness (QED) is 0.301. The fraction of sp³-hybridized carbons (Fsp3) is 0.250. The highest BCUT2D eigenvalue weighted by Crippen LogP contribution is 2.53. The van der Waals surface area contributed by atoms with Gasteiger partial charge in [0.2, 0.25) is 0 Å². The Bertz CT molecular complexity index is 1280. The smallest absolute Gasteiger partial charge is 0.341 e. The van der Waals surface area contributed by atoms with Gasteiger partial charge >= 0.3 is 5.97 Å². The van der Waals surface area contributed by atoms with Gasteiger partial charge in [0.25, 0.3) is 0 Å². The number of hydrogen-bond donors (Lipinski definition) is 1. The molecule has 3 aromatic rings. The molecular weight excluding hydrogens is 526 g/mol. The third-order valence-electron chi connectivity index (χ3n) is 6.38. The van der Waals surface area contributed by atoms with Gasteiger partial charge in [0.15, 0.2) is 18.2 Å². The molecule has 0 aliphatic carbocycles. The summed E-state index contributed by atoms with van der Waals surface area (Å²) < 4.78 is 26.9. The summed E-state index contributed by atoms with van der Waals surface area (Å²) in [5.41, 5.74) is 3.09. The SMILES string of the molecule is C=C(C)[C@@H]1C[C@@H](c2ccc(Cl)c(Cl)c2)[C@@H](c2ccc(Cl)cc2)O[C@H]1c1cccc(F)c1OCC(=O)O. The Morgan fingerprint density at radius 2 is 1.75 bits per heavy atom. The molecule has 1 aliphatic rings. The van der Waals surface area contributed by atoms with Gasteiger partial charge in [-0.2, -0.15) is 0 Å². The minimum Gasteiger partial charge on any atom is -0.479 e. The van der Waals surface area contributed by atoms with Gasteiger partial charge in [0, 0.05) is 22.4 Å². The Kier molecular flexibility index (Phi) is 8.26. The van der Waals surface area contributed by atoms with Crippen LogP contribution in [0.2, 0.25) is 15.1 Å². The Morgan fingerprint density at radius 3 is 2.39 bits per heavy atom. The zero-order chi connectivity index (χ0) is 26.0. The molecular formula is C28H24Cl3FO4. The first-order valence-electron chi connectivity index (χ1n) is 11.3. The molecule has 0 saturated carbocycles. The summed E-state index contributed by atoms with van der Waals surface area (Å²) in [5.74, 6) is -2.35. The summed E-state index contributed by atoms with van der Waals surface area (Å²) in [6.07, 6.45) is -0.474. The van der Waals surface area contributed by atoms with Gasteiger partial charge in [-0.25, -0.2) is 9.18 Å². The molecule has 0 radical (unpaired) electrons. The van der Waals surface area contributed by atoms with Gasteiger partial charge in [-0.1, -0.05) is 77.3 Å². The molecule has 3 aromatic carbocycles. The number of aliphatic carboxylic acids is 1. The van der Waals surface area contributed by atoms with Crippen molar-refractivity contribution < 1.29 is 23.8 Å². The van der Waals surface area contributed by atoms with Crippen molar-refractivity contribution in [2.24, 2.45) is 5.92 Å². The number of carboxylic acids is 1. The van der Waals surface area contributed by atoms with Gasteiger partial charge in [0.1, 0.15) is 0 Å². The van der Waals surface area contributed by atoms with E-state index in [1.165, 1.54) is 6.07 Å². The molecule has 0 bridgehead atoms. The summed E-state index contributed by atoms with van der Waals surface area (Å²) in [6, 6.07) is 17.3. The van der Waals surface area contributed by atoms with Crippen LogP contribution in [-0.4, -0.2) is 17.7 Å². The van der Waals surface area contributed by atoms with Crippen molar-refractivity contribution in [3.05, 3.63) is 110 Å². The van der Waals surface area contributed by atoms with Crippen molar-refractivity contribution >= 4 is 40.8 Å². The molecule has 1 saturated heterocycles. The van der Waals surface area contributed by atoms with Crippen LogP contribution in [-0.2, 0) is 9.53 Å². The van der Waals surface area contributed by atoms with Crippen molar-refractivity contribution in [2.75, 3.05) is 6.61 Å². The standard InChI is InChI=1S/C28H24Cl3FO4/c1-15(2)20-13-21(17-8-11-22(30)23(31)12-17)26(16-6-9-18(29)10-7-16)36-27(20)19-4-3-5-24(32)28(19)35-14-25(33)34/h3-12,20-21,26-27H,1,13-14H2,2H3,(H,33,34)/t20-,21-,26+,27-/m0/s1. The number of carbonyl (C=O) groups is 1. The number of ether oxygens (including phenoxy) is 2. The first kappa shape index (κ1) is 26.5. The fourth-order valence-electron chi connectivity index (χ4n) is 4.67. The summed E-state index contributed by atoms with van der Waals surface area (Å²) in [5, 5.41) is 10.6. The van der Waals surface area contributed by atoms with Crippen LogP contribution in [0.5, 0.6) is 5.75 Å². The lowest BCUT2D eigenvalue weighted by molar-refractivity contribution is -0.139. The van der Waals surface area contributed by atoms with Crippen molar-refractivity contribution in [3.63, 3.8) is 0 Å². The molecule has 36 heavy (non-hydrogen) atoms. The molecule has 0 unspecified atom stereocenters. The summed E-state index contributed by atoms with van der Waals surface area (Å²) in [4.78, 5) is 11.1. The molecule has 188 valence electrons. The Morgan fingerprint density at radius 1 is 1.06 bits per heavy atom. The summed E-state index contributed by atoms with van der Waals surface area (Å²) >= 11 is 18.7. The van der Waals surface area contributed by atoms with Crippen LogP contribution in [0, 0.1) is 11.7 Å². The summed E-state index contributed by atoms with van der Waals surface area (Å²) in [6.45, 7) is 5.40. The molecule has 4 nitrogen and oxygen atoms in total. The average Bonchev–Trinajstić information content (AvgIpc) is 2.84. The van der Waals surface area contributed by atoms with E-state index in [1.54, 1.807) is 30.3 Å². The largest absolute Gasteiger partial charge is 0.479 e. The van der Waals surface area contributed by atoms with Crippen molar-refractivity contribution in [3.8, 4) is 5.75 Å². The molecule has 8 heteroatoms. The number of halogens is 4.